The van der Waals surface area contributed by atoms with Crippen molar-refractivity contribution in [2.45, 2.75) is 25.1 Å². The van der Waals surface area contributed by atoms with E-state index < -0.39 is 31.1 Å². The minimum absolute atomic E-state index is 0.0334. The Morgan fingerprint density at radius 2 is 1.95 bits per heavy atom. The van der Waals surface area contributed by atoms with Gasteiger partial charge in [0.05, 0.1) is 12.5 Å². The van der Waals surface area contributed by atoms with Crippen molar-refractivity contribution < 1.29 is 28.2 Å². The maximum absolute atomic E-state index is 11.9. The lowest BCUT2D eigenvalue weighted by atomic mass is 10.1. The Morgan fingerprint density at radius 3 is 2.50 bits per heavy atom. The standard InChI is InChI=1S/C12H15F3N2O3/c13-12(14,15)3-4-17-11(20)8(16)5-7-1-2-9(18)10(19)6-7/h1-2,6,8,18-19H,3-5,16H2,(H,17,20)/t8-/m0/s1. The van der Waals surface area contributed by atoms with Gasteiger partial charge in [0.15, 0.2) is 11.5 Å². The molecular weight excluding hydrogens is 277 g/mol. The molecule has 0 bridgehead atoms. The van der Waals surface area contributed by atoms with Crippen LogP contribution in [-0.4, -0.2) is 34.9 Å². The first-order chi connectivity index (χ1) is 9.19. The summed E-state index contributed by atoms with van der Waals surface area (Å²) in [6.07, 6.45) is -5.42. The smallest absolute Gasteiger partial charge is 0.390 e. The minimum atomic E-state index is -4.33. The maximum atomic E-state index is 11.9. The molecule has 1 atom stereocenters. The van der Waals surface area contributed by atoms with Gasteiger partial charge in [-0.05, 0) is 24.1 Å². The van der Waals surface area contributed by atoms with Gasteiger partial charge in [-0.2, -0.15) is 13.2 Å². The van der Waals surface area contributed by atoms with Crippen molar-refractivity contribution in [3.63, 3.8) is 0 Å². The van der Waals surface area contributed by atoms with E-state index in [4.69, 9.17) is 10.8 Å². The zero-order valence-corrected chi connectivity index (χ0v) is 10.4. The summed E-state index contributed by atoms with van der Waals surface area (Å²) in [5.41, 5.74) is 6.03. The molecule has 0 fully saturated rings. The quantitative estimate of drug-likeness (QED) is 0.610. The first kappa shape index (κ1) is 16.1. The van der Waals surface area contributed by atoms with Crippen LogP contribution >= 0.6 is 0 Å². The van der Waals surface area contributed by atoms with Gasteiger partial charge in [-0.1, -0.05) is 6.07 Å². The molecule has 0 saturated heterocycles. The number of carbonyl (C=O) groups is 1. The molecule has 1 aromatic carbocycles. The normalized spacial score (nSPS) is 13.0. The third-order valence-corrected chi connectivity index (χ3v) is 2.54. The Bertz CT molecular complexity index is 478. The Balaban J connectivity index is 2.47. The number of hydrogen-bond donors (Lipinski definition) is 4. The number of carbonyl (C=O) groups excluding carboxylic acids is 1. The van der Waals surface area contributed by atoms with Crippen LogP contribution in [0.25, 0.3) is 0 Å². The van der Waals surface area contributed by atoms with E-state index in [0.29, 0.717) is 5.56 Å². The molecule has 0 aromatic heterocycles. The molecule has 0 radical (unpaired) electrons. The lowest BCUT2D eigenvalue weighted by Crippen LogP contribution is -2.43. The van der Waals surface area contributed by atoms with Crippen molar-refractivity contribution >= 4 is 5.91 Å². The number of benzene rings is 1. The molecule has 1 amide bonds. The lowest BCUT2D eigenvalue weighted by Gasteiger charge is -2.13. The predicted molar refractivity (Wildman–Crippen MR) is 65.1 cm³/mol. The van der Waals surface area contributed by atoms with E-state index in [9.17, 15) is 23.1 Å². The van der Waals surface area contributed by atoms with Crippen molar-refractivity contribution in [1.29, 1.82) is 0 Å². The molecule has 8 heteroatoms. The number of rotatable bonds is 5. The lowest BCUT2D eigenvalue weighted by molar-refractivity contribution is -0.135. The van der Waals surface area contributed by atoms with Crippen LogP contribution in [0.5, 0.6) is 11.5 Å². The molecule has 0 unspecified atom stereocenters. The molecule has 112 valence electrons. The van der Waals surface area contributed by atoms with E-state index in [0.717, 1.165) is 0 Å². The van der Waals surface area contributed by atoms with Gasteiger partial charge in [0.1, 0.15) is 0 Å². The summed E-state index contributed by atoms with van der Waals surface area (Å²) in [4.78, 5) is 11.5. The Morgan fingerprint density at radius 1 is 1.30 bits per heavy atom. The Hall–Kier alpha value is -1.96. The molecule has 5 N–H and O–H groups in total. The van der Waals surface area contributed by atoms with Gasteiger partial charge >= 0.3 is 6.18 Å². The minimum Gasteiger partial charge on any atom is -0.504 e. The zero-order chi connectivity index (χ0) is 15.3. The Labute approximate surface area is 113 Å². The molecule has 0 spiro atoms. The number of hydrogen-bond acceptors (Lipinski definition) is 4. The third kappa shape index (κ3) is 5.35. The van der Waals surface area contributed by atoms with Crippen molar-refractivity contribution in [3.8, 4) is 11.5 Å². The number of aromatic hydroxyl groups is 2. The highest BCUT2D eigenvalue weighted by molar-refractivity contribution is 5.81. The van der Waals surface area contributed by atoms with E-state index in [-0.39, 0.29) is 17.9 Å². The van der Waals surface area contributed by atoms with Gasteiger partial charge in [-0.15, -0.1) is 0 Å². The average Bonchev–Trinajstić information content (AvgIpc) is 2.32. The SMILES string of the molecule is N[C@@H](Cc1ccc(O)c(O)c1)C(=O)NCCC(F)(F)F. The molecule has 20 heavy (non-hydrogen) atoms. The summed E-state index contributed by atoms with van der Waals surface area (Å²) < 4.78 is 35.7. The van der Waals surface area contributed by atoms with Crippen molar-refractivity contribution in [3.05, 3.63) is 23.8 Å². The van der Waals surface area contributed by atoms with Crippen molar-refractivity contribution in [2.75, 3.05) is 6.54 Å². The fraction of sp³-hybridized carbons (Fsp3) is 0.417. The van der Waals surface area contributed by atoms with Gasteiger partial charge in [-0.25, -0.2) is 0 Å². The summed E-state index contributed by atoms with van der Waals surface area (Å²) in [6, 6.07) is 2.89. The third-order valence-electron chi connectivity index (χ3n) is 2.54. The zero-order valence-electron chi connectivity index (χ0n) is 10.4. The summed E-state index contributed by atoms with van der Waals surface area (Å²) in [7, 11) is 0. The number of nitrogens with one attached hydrogen (secondary N) is 1. The summed E-state index contributed by atoms with van der Waals surface area (Å²) in [6.45, 7) is -0.531. The second kappa shape index (κ2) is 6.47. The van der Waals surface area contributed by atoms with Crippen LogP contribution in [-0.2, 0) is 11.2 Å². The van der Waals surface area contributed by atoms with Crippen LogP contribution < -0.4 is 11.1 Å². The number of alkyl halides is 3. The number of halogens is 3. The largest absolute Gasteiger partial charge is 0.504 e. The maximum Gasteiger partial charge on any atom is 0.390 e. The number of phenols is 2. The Kier molecular flexibility index (Phi) is 5.20. The first-order valence-corrected chi connectivity index (χ1v) is 5.80. The average molecular weight is 292 g/mol. The van der Waals surface area contributed by atoms with Crippen molar-refractivity contribution in [1.82, 2.24) is 5.32 Å². The monoisotopic (exact) mass is 292 g/mol. The van der Waals surface area contributed by atoms with E-state index in [1.165, 1.54) is 18.2 Å². The second-order valence-electron chi connectivity index (χ2n) is 4.29. The van der Waals surface area contributed by atoms with Gasteiger partial charge in [0, 0.05) is 6.54 Å². The predicted octanol–water partition coefficient (Wildman–Crippen LogP) is 1.04. The highest BCUT2D eigenvalue weighted by Crippen LogP contribution is 2.25. The highest BCUT2D eigenvalue weighted by Gasteiger charge is 2.27. The van der Waals surface area contributed by atoms with E-state index in [2.05, 4.69) is 5.32 Å². The van der Waals surface area contributed by atoms with Gasteiger partial charge in [0.25, 0.3) is 0 Å². The first-order valence-electron chi connectivity index (χ1n) is 5.80. The van der Waals surface area contributed by atoms with Crippen molar-refractivity contribution in [2.24, 2.45) is 5.73 Å². The number of amides is 1. The molecule has 1 aromatic rings. The van der Waals surface area contributed by atoms with E-state index in [1.807, 2.05) is 0 Å². The summed E-state index contributed by atoms with van der Waals surface area (Å²) in [5, 5.41) is 20.5. The van der Waals surface area contributed by atoms with E-state index in [1.54, 1.807) is 0 Å². The summed E-state index contributed by atoms with van der Waals surface area (Å²) >= 11 is 0. The number of phenolic OH excluding ortho intramolecular Hbond substituents is 2. The van der Waals surface area contributed by atoms with Crippen LogP contribution in [0.2, 0.25) is 0 Å². The van der Waals surface area contributed by atoms with Crippen LogP contribution in [0.15, 0.2) is 18.2 Å². The summed E-state index contributed by atoms with van der Waals surface area (Å²) in [5.74, 6) is -1.37. The topological polar surface area (TPSA) is 95.6 Å². The molecule has 0 aliphatic carbocycles. The van der Waals surface area contributed by atoms with Gasteiger partial charge < -0.3 is 21.3 Å². The van der Waals surface area contributed by atoms with Gasteiger partial charge in [-0.3, -0.25) is 4.79 Å². The van der Waals surface area contributed by atoms with Crippen LogP contribution in [0, 0.1) is 0 Å². The molecular formula is C12H15F3N2O3. The van der Waals surface area contributed by atoms with Crippen LogP contribution in [0.1, 0.15) is 12.0 Å². The highest BCUT2D eigenvalue weighted by atomic mass is 19.4. The fourth-order valence-electron chi connectivity index (χ4n) is 1.50. The molecule has 0 aliphatic heterocycles. The molecule has 0 saturated carbocycles. The van der Waals surface area contributed by atoms with E-state index >= 15 is 0 Å². The van der Waals surface area contributed by atoms with Gasteiger partial charge in [0.2, 0.25) is 5.91 Å². The number of nitrogens with two attached hydrogens (primary N) is 1. The van der Waals surface area contributed by atoms with Crippen LogP contribution in [0.4, 0.5) is 13.2 Å². The molecule has 1 rings (SSSR count). The molecule has 0 heterocycles. The second-order valence-corrected chi connectivity index (χ2v) is 4.29. The van der Waals surface area contributed by atoms with Crippen LogP contribution in [0.3, 0.4) is 0 Å². The fourth-order valence-corrected chi connectivity index (χ4v) is 1.50. The molecule has 0 aliphatic rings. The molecule has 5 nitrogen and oxygen atoms in total.